The largest absolute Gasteiger partial charge is 0.377 e. The molecule has 0 N–H and O–H groups in total. The molecule has 1 nitrogen and oxygen atoms in total. The Morgan fingerprint density at radius 1 is 0.926 bits per heavy atom. The zero-order chi connectivity index (χ0) is 18.9. The third-order valence-corrected chi connectivity index (χ3v) is 5.93. The van der Waals surface area contributed by atoms with Gasteiger partial charge in [-0.1, -0.05) is 68.0 Å². The van der Waals surface area contributed by atoms with E-state index in [1.165, 1.54) is 60.8 Å². The van der Waals surface area contributed by atoms with E-state index in [4.69, 9.17) is 4.74 Å². The van der Waals surface area contributed by atoms with Crippen molar-refractivity contribution in [2.75, 3.05) is 6.61 Å². The summed E-state index contributed by atoms with van der Waals surface area (Å²) in [5.74, 6) is 1.60. The summed E-state index contributed by atoms with van der Waals surface area (Å²) in [5, 5.41) is 0. The van der Waals surface area contributed by atoms with Crippen LogP contribution in [0.15, 0.2) is 61.2 Å². The van der Waals surface area contributed by atoms with E-state index in [1.807, 2.05) is 0 Å². The van der Waals surface area contributed by atoms with Gasteiger partial charge in [-0.2, -0.15) is 0 Å². The minimum absolute atomic E-state index is 0.716. The molecule has 0 atom stereocenters. The van der Waals surface area contributed by atoms with Gasteiger partial charge >= 0.3 is 0 Å². The Bertz CT molecular complexity index is 675. The van der Waals surface area contributed by atoms with Gasteiger partial charge in [0.2, 0.25) is 0 Å². The molecule has 27 heavy (non-hydrogen) atoms. The zero-order valence-electron chi connectivity index (χ0n) is 16.8. The molecular formula is C26H34O. The van der Waals surface area contributed by atoms with Crippen LogP contribution in [0.5, 0.6) is 0 Å². The summed E-state index contributed by atoms with van der Waals surface area (Å²) in [4.78, 5) is 0. The summed E-state index contributed by atoms with van der Waals surface area (Å²) in [6, 6.07) is 18.1. The molecule has 2 aromatic rings. The van der Waals surface area contributed by atoms with E-state index in [9.17, 15) is 0 Å². The van der Waals surface area contributed by atoms with Crippen LogP contribution in [-0.4, -0.2) is 6.61 Å². The number of allylic oxidation sites excluding steroid dienone is 1. The second-order valence-electron chi connectivity index (χ2n) is 7.97. The molecule has 1 fully saturated rings. The first-order valence-corrected chi connectivity index (χ1v) is 10.7. The molecule has 0 bridgehead atoms. The topological polar surface area (TPSA) is 9.23 Å². The van der Waals surface area contributed by atoms with Gasteiger partial charge in [0.15, 0.2) is 0 Å². The summed E-state index contributed by atoms with van der Waals surface area (Å²) in [5.41, 5.74) is 5.35. The molecule has 0 spiro atoms. The Balaban J connectivity index is 1.55. The van der Waals surface area contributed by atoms with Crippen LogP contribution < -0.4 is 0 Å². The maximum atomic E-state index is 5.71. The molecule has 1 aliphatic carbocycles. The van der Waals surface area contributed by atoms with E-state index in [-0.39, 0.29) is 0 Å². The smallest absolute Gasteiger partial charge is 0.0716 e. The van der Waals surface area contributed by atoms with Gasteiger partial charge < -0.3 is 4.74 Å². The van der Waals surface area contributed by atoms with E-state index in [2.05, 4.69) is 68.1 Å². The highest BCUT2D eigenvalue weighted by Gasteiger charge is 2.21. The third-order valence-electron chi connectivity index (χ3n) is 5.93. The summed E-state index contributed by atoms with van der Waals surface area (Å²) < 4.78 is 5.71. The highest BCUT2D eigenvalue weighted by atomic mass is 16.5. The summed E-state index contributed by atoms with van der Waals surface area (Å²) in [6.07, 6.45) is 10.9. The van der Waals surface area contributed by atoms with E-state index in [0.717, 1.165) is 24.9 Å². The number of rotatable bonds is 9. The lowest BCUT2D eigenvalue weighted by molar-refractivity contribution is 0.118. The highest BCUT2D eigenvalue weighted by Crippen LogP contribution is 2.37. The lowest BCUT2D eigenvalue weighted by Crippen LogP contribution is -2.12. The van der Waals surface area contributed by atoms with E-state index >= 15 is 0 Å². The molecule has 0 saturated heterocycles. The minimum Gasteiger partial charge on any atom is -0.377 e. The number of benzene rings is 2. The minimum atomic E-state index is 0.716. The van der Waals surface area contributed by atoms with Crippen molar-refractivity contribution in [1.29, 1.82) is 0 Å². The van der Waals surface area contributed by atoms with Crippen LogP contribution >= 0.6 is 0 Å². The molecule has 1 aliphatic rings. The van der Waals surface area contributed by atoms with Crippen molar-refractivity contribution in [1.82, 2.24) is 0 Å². The molecule has 0 aromatic heterocycles. The SMILES string of the molecule is C=CC[C@H]1CC[C@H](c2ccc(-c3ccc(COCCCC)cc3)cc2)CC1. The molecule has 1 saturated carbocycles. The predicted octanol–water partition coefficient (Wildman–Crippen LogP) is 7.52. The van der Waals surface area contributed by atoms with Gasteiger partial charge in [0.1, 0.15) is 0 Å². The van der Waals surface area contributed by atoms with Crippen LogP contribution in [0.2, 0.25) is 0 Å². The average Bonchev–Trinajstić information content (AvgIpc) is 2.73. The molecule has 3 rings (SSSR count). The van der Waals surface area contributed by atoms with Gasteiger partial charge in [-0.05, 0) is 72.6 Å². The van der Waals surface area contributed by atoms with Crippen molar-refractivity contribution in [2.24, 2.45) is 5.92 Å². The number of hydrogen-bond acceptors (Lipinski definition) is 1. The molecule has 144 valence electrons. The fraction of sp³-hybridized carbons (Fsp3) is 0.462. The Hall–Kier alpha value is -1.86. The highest BCUT2D eigenvalue weighted by molar-refractivity contribution is 5.64. The number of unbranched alkanes of at least 4 members (excludes halogenated alkanes) is 1. The molecular weight excluding hydrogens is 328 g/mol. The maximum Gasteiger partial charge on any atom is 0.0716 e. The zero-order valence-corrected chi connectivity index (χ0v) is 16.8. The Kier molecular flexibility index (Phi) is 7.71. The van der Waals surface area contributed by atoms with Crippen molar-refractivity contribution in [3.05, 3.63) is 72.3 Å². The maximum absolute atomic E-state index is 5.71. The van der Waals surface area contributed by atoms with Crippen LogP contribution in [0.3, 0.4) is 0 Å². The third kappa shape index (κ3) is 5.81. The standard InChI is InChI=1S/C26H34O/c1-3-5-19-27-20-22-9-13-24(14-10-22)26-17-15-25(16-18-26)23-11-7-21(6-4-2)8-12-23/h4,9-10,13-18,21,23H,2-3,5-8,11-12,19-20H2,1H3/t21-,23-. The lowest BCUT2D eigenvalue weighted by atomic mass is 9.77. The van der Waals surface area contributed by atoms with Gasteiger partial charge in [-0.15, -0.1) is 6.58 Å². The Morgan fingerprint density at radius 3 is 2.15 bits per heavy atom. The lowest BCUT2D eigenvalue weighted by Gasteiger charge is -2.28. The number of ether oxygens (including phenoxy) is 1. The normalized spacial score (nSPS) is 19.7. The first-order chi connectivity index (χ1) is 13.3. The fourth-order valence-electron chi connectivity index (χ4n) is 4.14. The summed E-state index contributed by atoms with van der Waals surface area (Å²) >= 11 is 0. The Morgan fingerprint density at radius 2 is 1.56 bits per heavy atom. The fourth-order valence-corrected chi connectivity index (χ4v) is 4.14. The molecule has 0 aliphatic heterocycles. The van der Waals surface area contributed by atoms with Gasteiger partial charge in [0.05, 0.1) is 6.61 Å². The van der Waals surface area contributed by atoms with E-state index < -0.39 is 0 Å². The van der Waals surface area contributed by atoms with Crippen molar-refractivity contribution < 1.29 is 4.74 Å². The molecule has 0 amide bonds. The van der Waals surface area contributed by atoms with Crippen molar-refractivity contribution >= 4 is 0 Å². The van der Waals surface area contributed by atoms with Gasteiger partial charge in [0, 0.05) is 6.61 Å². The Labute approximate surface area is 165 Å². The number of hydrogen-bond donors (Lipinski definition) is 0. The average molecular weight is 363 g/mol. The summed E-state index contributed by atoms with van der Waals surface area (Å²) in [6.45, 7) is 7.66. The molecule has 1 heteroatoms. The van der Waals surface area contributed by atoms with Crippen molar-refractivity contribution in [2.45, 2.75) is 64.4 Å². The van der Waals surface area contributed by atoms with Crippen LogP contribution in [0.4, 0.5) is 0 Å². The van der Waals surface area contributed by atoms with Crippen LogP contribution in [0.1, 0.15) is 68.9 Å². The molecule has 0 unspecified atom stereocenters. The monoisotopic (exact) mass is 362 g/mol. The van der Waals surface area contributed by atoms with Gasteiger partial charge in [-0.25, -0.2) is 0 Å². The molecule has 2 aromatic carbocycles. The van der Waals surface area contributed by atoms with Crippen molar-refractivity contribution in [3.63, 3.8) is 0 Å². The van der Waals surface area contributed by atoms with E-state index in [1.54, 1.807) is 0 Å². The second-order valence-corrected chi connectivity index (χ2v) is 7.97. The van der Waals surface area contributed by atoms with Crippen LogP contribution in [0, 0.1) is 5.92 Å². The van der Waals surface area contributed by atoms with Crippen LogP contribution in [-0.2, 0) is 11.3 Å². The quantitative estimate of drug-likeness (QED) is 0.331. The van der Waals surface area contributed by atoms with Crippen molar-refractivity contribution in [3.8, 4) is 11.1 Å². The second kappa shape index (κ2) is 10.5. The first-order valence-electron chi connectivity index (χ1n) is 10.7. The van der Waals surface area contributed by atoms with E-state index in [0.29, 0.717) is 6.61 Å². The van der Waals surface area contributed by atoms with Gasteiger partial charge in [0.25, 0.3) is 0 Å². The van der Waals surface area contributed by atoms with Gasteiger partial charge in [-0.3, -0.25) is 0 Å². The van der Waals surface area contributed by atoms with Crippen LogP contribution in [0.25, 0.3) is 11.1 Å². The summed E-state index contributed by atoms with van der Waals surface area (Å²) in [7, 11) is 0. The predicted molar refractivity (Wildman–Crippen MR) is 116 cm³/mol. The first kappa shape index (κ1) is 19.9. The molecule has 0 radical (unpaired) electrons. The molecule has 0 heterocycles.